The van der Waals surface area contributed by atoms with Crippen LogP contribution >= 0.6 is 0 Å². The Morgan fingerprint density at radius 1 is 1.28 bits per heavy atom. The Kier molecular flexibility index (Phi) is 5.44. The molecule has 6 heteroatoms. The van der Waals surface area contributed by atoms with Crippen LogP contribution in [0.4, 0.5) is 5.82 Å². The van der Waals surface area contributed by atoms with Crippen LogP contribution in [0.3, 0.4) is 0 Å². The molecular formula is C19H23N5O. The van der Waals surface area contributed by atoms with Crippen LogP contribution < -0.4 is 10.2 Å². The van der Waals surface area contributed by atoms with Gasteiger partial charge in [-0.25, -0.2) is 9.97 Å². The summed E-state index contributed by atoms with van der Waals surface area (Å²) in [5.41, 5.74) is 1.97. The van der Waals surface area contributed by atoms with Gasteiger partial charge in [-0.15, -0.1) is 0 Å². The highest BCUT2D eigenvalue weighted by atomic mass is 16.1. The Labute approximate surface area is 147 Å². The van der Waals surface area contributed by atoms with E-state index in [0.717, 1.165) is 44.3 Å². The molecule has 1 amide bonds. The number of unbranched alkanes of at least 4 members (excludes halogenated alkanes) is 1. The van der Waals surface area contributed by atoms with Gasteiger partial charge in [0, 0.05) is 19.6 Å². The number of nitriles is 1. The quantitative estimate of drug-likeness (QED) is 0.820. The zero-order chi connectivity index (χ0) is 17.6. The van der Waals surface area contributed by atoms with E-state index in [9.17, 15) is 10.1 Å². The van der Waals surface area contributed by atoms with E-state index in [0.29, 0.717) is 23.6 Å². The first kappa shape index (κ1) is 17.2. The number of hydrogen-bond acceptors (Lipinski definition) is 5. The normalized spacial score (nSPS) is 15.1. The van der Waals surface area contributed by atoms with Gasteiger partial charge in [-0.05, 0) is 31.4 Å². The number of benzene rings is 1. The molecule has 6 nitrogen and oxygen atoms in total. The predicted molar refractivity (Wildman–Crippen MR) is 97.3 cm³/mol. The molecule has 130 valence electrons. The van der Waals surface area contributed by atoms with Crippen molar-refractivity contribution < 1.29 is 4.79 Å². The Morgan fingerprint density at radius 2 is 1.96 bits per heavy atom. The van der Waals surface area contributed by atoms with Crippen LogP contribution in [0.25, 0.3) is 11.0 Å². The zero-order valence-corrected chi connectivity index (χ0v) is 14.5. The second-order valence-electron chi connectivity index (χ2n) is 6.32. The lowest BCUT2D eigenvalue weighted by Crippen LogP contribution is -2.32. The third-order valence-electron chi connectivity index (χ3n) is 4.48. The number of carbonyl (C=O) groups excluding carboxylic acids is 1. The van der Waals surface area contributed by atoms with Gasteiger partial charge in [-0.1, -0.05) is 25.5 Å². The fraction of sp³-hybridized carbons (Fsp3) is 0.474. The summed E-state index contributed by atoms with van der Waals surface area (Å²) in [6.45, 7) is 4.41. The van der Waals surface area contributed by atoms with Crippen LogP contribution in [-0.2, 0) is 4.79 Å². The molecular weight excluding hydrogens is 314 g/mol. The van der Waals surface area contributed by atoms with Gasteiger partial charge in [0.2, 0.25) is 5.91 Å². The Hall–Kier alpha value is -2.68. The zero-order valence-electron chi connectivity index (χ0n) is 14.5. The first-order chi connectivity index (χ1) is 12.2. The van der Waals surface area contributed by atoms with Gasteiger partial charge < -0.3 is 10.2 Å². The average Bonchev–Trinajstić information content (AvgIpc) is 3.16. The van der Waals surface area contributed by atoms with Crippen molar-refractivity contribution in [2.24, 2.45) is 0 Å². The maximum Gasteiger partial charge on any atom is 0.243 e. The van der Waals surface area contributed by atoms with Crippen molar-refractivity contribution in [1.82, 2.24) is 15.3 Å². The van der Waals surface area contributed by atoms with Crippen molar-refractivity contribution in [2.75, 3.05) is 24.5 Å². The maximum atomic E-state index is 12.5. The summed E-state index contributed by atoms with van der Waals surface area (Å²) in [7, 11) is 0. The second kappa shape index (κ2) is 7.93. The number of nitrogens with one attached hydrogen (secondary N) is 1. The Balaban J connectivity index is 2.00. The maximum absolute atomic E-state index is 12.5. The topological polar surface area (TPSA) is 81.9 Å². The second-order valence-corrected chi connectivity index (χ2v) is 6.32. The predicted octanol–water partition coefficient (Wildman–Crippen LogP) is 2.75. The highest BCUT2D eigenvalue weighted by Crippen LogP contribution is 2.29. The van der Waals surface area contributed by atoms with E-state index in [-0.39, 0.29) is 5.91 Å². The summed E-state index contributed by atoms with van der Waals surface area (Å²) in [5, 5.41) is 12.5. The molecule has 0 aliphatic carbocycles. The van der Waals surface area contributed by atoms with E-state index < -0.39 is 5.92 Å². The van der Waals surface area contributed by atoms with Gasteiger partial charge in [0.05, 0.1) is 17.1 Å². The molecule has 0 saturated carbocycles. The van der Waals surface area contributed by atoms with Crippen LogP contribution in [0.2, 0.25) is 0 Å². The molecule has 2 heterocycles. The van der Waals surface area contributed by atoms with Crippen molar-refractivity contribution in [3.8, 4) is 6.07 Å². The van der Waals surface area contributed by atoms with E-state index in [4.69, 9.17) is 4.98 Å². The van der Waals surface area contributed by atoms with Crippen molar-refractivity contribution in [2.45, 2.75) is 38.5 Å². The number of aromatic nitrogens is 2. The largest absolute Gasteiger partial charge is 0.355 e. The van der Waals surface area contributed by atoms with Crippen molar-refractivity contribution in [1.29, 1.82) is 5.26 Å². The molecule has 0 radical (unpaired) electrons. The molecule has 1 aliphatic rings. The summed E-state index contributed by atoms with van der Waals surface area (Å²) in [6.07, 6.45) is 4.07. The number of amides is 1. The van der Waals surface area contributed by atoms with Crippen molar-refractivity contribution in [3.05, 3.63) is 30.0 Å². The SMILES string of the molecule is CCCCNC(=O)[C@@H](C#N)c1nc2ccccc2nc1N1CCCC1. The molecule has 1 aromatic carbocycles. The molecule has 1 aliphatic heterocycles. The van der Waals surface area contributed by atoms with E-state index in [1.54, 1.807) is 0 Å². The molecule has 1 saturated heterocycles. The summed E-state index contributed by atoms with van der Waals surface area (Å²) >= 11 is 0. The van der Waals surface area contributed by atoms with Gasteiger partial charge in [0.25, 0.3) is 0 Å². The monoisotopic (exact) mass is 337 g/mol. The van der Waals surface area contributed by atoms with Crippen molar-refractivity contribution in [3.63, 3.8) is 0 Å². The molecule has 1 fully saturated rings. The standard InChI is InChI=1S/C19H23N5O/c1-2-3-10-21-19(25)14(13-20)17-18(24-11-6-7-12-24)23-16-9-5-4-8-15(16)22-17/h4-5,8-9,14H,2-3,6-7,10-12H2,1H3,(H,21,25)/t14-/m0/s1. The first-order valence-electron chi connectivity index (χ1n) is 8.93. The molecule has 3 rings (SSSR count). The lowest BCUT2D eigenvalue weighted by atomic mass is 10.0. The van der Waals surface area contributed by atoms with Crippen LogP contribution in [0.5, 0.6) is 0 Å². The van der Waals surface area contributed by atoms with Gasteiger partial charge in [-0.2, -0.15) is 5.26 Å². The highest BCUT2D eigenvalue weighted by Gasteiger charge is 2.29. The van der Waals surface area contributed by atoms with E-state index >= 15 is 0 Å². The summed E-state index contributed by atoms with van der Waals surface area (Å²) in [4.78, 5) is 24.1. The minimum absolute atomic E-state index is 0.291. The van der Waals surface area contributed by atoms with Crippen LogP contribution in [0.15, 0.2) is 24.3 Å². The number of anilines is 1. The number of para-hydroxylation sites is 2. The molecule has 0 bridgehead atoms. The molecule has 0 spiro atoms. The summed E-state index contributed by atoms with van der Waals surface area (Å²) in [6, 6.07) is 9.72. The number of fused-ring (bicyclic) bond motifs is 1. The molecule has 1 N–H and O–H groups in total. The van der Waals surface area contributed by atoms with Crippen LogP contribution in [0, 0.1) is 11.3 Å². The lowest BCUT2D eigenvalue weighted by molar-refractivity contribution is -0.121. The highest BCUT2D eigenvalue weighted by molar-refractivity contribution is 5.88. The van der Waals surface area contributed by atoms with E-state index in [1.807, 2.05) is 24.3 Å². The summed E-state index contributed by atoms with van der Waals surface area (Å²) in [5.74, 6) is -0.557. The average molecular weight is 337 g/mol. The number of rotatable bonds is 6. The third kappa shape index (κ3) is 3.71. The van der Waals surface area contributed by atoms with Gasteiger partial charge in [0.1, 0.15) is 5.69 Å². The van der Waals surface area contributed by atoms with Crippen LogP contribution in [-0.4, -0.2) is 35.5 Å². The number of carbonyl (C=O) groups is 1. The van der Waals surface area contributed by atoms with E-state index in [1.165, 1.54) is 0 Å². The molecule has 0 unspecified atom stereocenters. The number of nitrogens with zero attached hydrogens (tertiary/aromatic N) is 4. The number of hydrogen-bond donors (Lipinski definition) is 1. The Bertz CT molecular complexity index is 792. The first-order valence-corrected chi connectivity index (χ1v) is 8.93. The molecule has 2 aromatic rings. The Morgan fingerprint density at radius 3 is 2.60 bits per heavy atom. The fourth-order valence-electron chi connectivity index (χ4n) is 3.09. The third-order valence-corrected chi connectivity index (χ3v) is 4.48. The molecule has 1 atom stereocenters. The molecule has 1 aromatic heterocycles. The van der Waals surface area contributed by atoms with Gasteiger partial charge in [0.15, 0.2) is 11.7 Å². The minimum Gasteiger partial charge on any atom is -0.355 e. The van der Waals surface area contributed by atoms with Gasteiger partial charge in [-0.3, -0.25) is 4.79 Å². The van der Waals surface area contributed by atoms with Crippen LogP contribution in [0.1, 0.15) is 44.2 Å². The molecule has 25 heavy (non-hydrogen) atoms. The summed E-state index contributed by atoms with van der Waals surface area (Å²) < 4.78 is 0. The van der Waals surface area contributed by atoms with Crippen molar-refractivity contribution >= 4 is 22.8 Å². The van der Waals surface area contributed by atoms with Gasteiger partial charge >= 0.3 is 0 Å². The minimum atomic E-state index is -0.940. The van der Waals surface area contributed by atoms with E-state index in [2.05, 4.69) is 28.2 Å². The fourth-order valence-corrected chi connectivity index (χ4v) is 3.09. The smallest absolute Gasteiger partial charge is 0.243 e. The lowest BCUT2D eigenvalue weighted by Gasteiger charge is -2.21.